The molecule has 1 amide bonds. The van der Waals surface area contributed by atoms with E-state index in [1.165, 1.54) is 6.07 Å². The van der Waals surface area contributed by atoms with Crippen molar-refractivity contribution in [3.05, 3.63) is 70.3 Å². The molecule has 0 fully saturated rings. The van der Waals surface area contributed by atoms with Crippen LogP contribution in [0.1, 0.15) is 23.0 Å². The van der Waals surface area contributed by atoms with Gasteiger partial charge in [-0.1, -0.05) is 18.2 Å². The fourth-order valence-electron chi connectivity index (χ4n) is 2.31. The summed E-state index contributed by atoms with van der Waals surface area (Å²) in [5.41, 5.74) is 0.292. The van der Waals surface area contributed by atoms with Gasteiger partial charge in [0.1, 0.15) is 5.56 Å². The average molecular weight is 360 g/mol. The third-order valence-electron chi connectivity index (χ3n) is 3.42. The zero-order valence-electron chi connectivity index (χ0n) is 13.5. The van der Waals surface area contributed by atoms with Gasteiger partial charge in [0.2, 0.25) is 0 Å². The number of amides is 1. The normalized spacial score (nSPS) is 10.1. The number of nitrogens with zero attached hydrogens (tertiary/aromatic N) is 1. The van der Waals surface area contributed by atoms with Crippen molar-refractivity contribution in [2.24, 2.45) is 0 Å². The largest absolute Gasteiger partial charge is 1.00 e. The summed E-state index contributed by atoms with van der Waals surface area (Å²) in [7, 11) is 0. The highest BCUT2D eigenvalue weighted by Gasteiger charge is 2.15. The molecule has 0 saturated carbocycles. The third-order valence-corrected chi connectivity index (χ3v) is 3.42. The van der Waals surface area contributed by atoms with Crippen LogP contribution in [0.25, 0.3) is 11.0 Å². The van der Waals surface area contributed by atoms with Gasteiger partial charge < -0.3 is 26.9 Å². The number of rotatable bonds is 5. The molecule has 0 aliphatic rings. The second-order valence-corrected chi connectivity index (χ2v) is 5.06. The number of benzene rings is 1. The molecule has 0 atom stereocenters. The lowest BCUT2D eigenvalue weighted by atomic mass is 10.1. The van der Waals surface area contributed by atoms with E-state index in [0.717, 1.165) is 0 Å². The molecule has 1 aromatic carbocycles. The first kappa shape index (κ1) is 18.5. The van der Waals surface area contributed by atoms with E-state index in [9.17, 15) is 9.59 Å². The van der Waals surface area contributed by atoms with Gasteiger partial charge in [-0.2, -0.15) is 0 Å². The molecule has 0 bridgehead atoms. The Labute approximate surface area is 150 Å². The van der Waals surface area contributed by atoms with Crippen molar-refractivity contribution in [2.45, 2.75) is 13.5 Å². The molecule has 0 spiro atoms. The average Bonchev–Trinajstić information content (AvgIpc) is 2.61. The van der Waals surface area contributed by atoms with E-state index in [1.54, 1.807) is 36.5 Å². The molecule has 0 unspecified atom stereocenters. The molecular weight excluding hydrogens is 344 g/mol. The second kappa shape index (κ2) is 8.30. The number of carbonyl (C=O) groups excluding carboxylic acids is 1. The van der Waals surface area contributed by atoms with Gasteiger partial charge in [0, 0.05) is 11.6 Å². The quantitative estimate of drug-likeness (QED) is 0.622. The number of para-hydroxylation sites is 1. The van der Waals surface area contributed by atoms with E-state index in [1.807, 2.05) is 13.0 Å². The molecule has 0 radical (unpaired) electrons. The maximum Gasteiger partial charge on any atom is 0.349 e. The lowest BCUT2D eigenvalue weighted by molar-refractivity contribution is -0.0000143. The number of carbonyl (C=O) groups is 1. The van der Waals surface area contributed by atoms with Crippen LogP contribution in [0, 0.1) is 0 Å². The van der Waals surface area contributed by atoms with Crippen molar-refractivity contribution >= 4 is 16.9 Å². The molecule has 130 valence electrons. The van der Waals surface area contributed by atoms with E-state index < -0.39 is 11.5 Å². The monoisotopic (exact) mass is 359 g/mol. The van der Waals surface area contributed by atoms with Crippen LogP contribution in [-0.4, -0.2) is 17.5 Å². The van der Waals surface area contributed by atoms with E-state index in [4.69, 9.17) is 9.15 Å². The molecule has 0 aliphatic heterocycles. The Bertz CT molecular complexity index is 925. The highest BCUT2D eigenvalue weighted by molar-refractivity contribution is 5.97. The summed E-state index contributed by atoms with van der Waals surface area (Å²) >= 11 is 0. The summed E-state index contributed by atoms with van der Waals surface area (Å²) < 4.78 is 10.7. The maximum atomic E-state index is 12.3. The Morgan fingerprint density at radius 2 is 2.08 bits per heavy atom. The number of pyridine rings is 1. The van der Waals surface area contributed by atoms with E-state index >= 15 is 0 Å². The van der Waals surface area contributed by atoms with E-state index in [0.29, 0.717) is 29.0 Å². The first-order valence-corrected chi connectivity index (χ1v) is 7.57. The molecule has 0 saturated heterocycles. The van der Waals surface area contributed by atoms with Crippen LogP contribution in [0.3, 0.4) is 0 Å². The van der Waals surface area contributed by atoms with Crippen molar-refractivity contribution in [3.8, 4) is 5.75 Å². The van der Waals surface area contributed by atoms with E-state index in [2.05, 4.69) is 10.3 Å². The van der Waals surface area contributed by atoms with Crippen molar-refractivity contribution in [1.29, 1.82) is 0 Å². The predicted octanol–water partition coefficient (Wildman–Crippen LogP) is -0.479. The summed E-state index contributed by atoms with van der Waals surface area (Å²) in [5.74, 6) is -0.0225. The minimum Gasteiger partial charge on any atom is -1.00 e. The van der Waals surface area contributed by atoms with Gasteiger partial charge in [-0.15, -0.1) is 0 Å². The molecule has 2 heterocycles. The lowest BCUT2D eigenvalue weighted by Crippen LogP contribution is -3.00. The van der Waals surface area contributed by atoms with Crippen molar-refractivity contribution < 1.29 is 26.4 Å². The van der Waals surface area contributed by atoms with Crippen LogP contribution in [0.5, 0.6) is 5.75 Å². The Morgan fingerprint density at radius 3 is 2.80 bits per heavy atom. The minimum atomic E-state index is -0.701. The second-order valence-electron chi connectivity index (χ2n) is 5.06. The fourth-order valence-corrected chi connectivity index (χ4v) is 2.31. The standard InChI is InChI=1S/C18H16N2O4.ClH/c1-2-23-15-8-5-6-12-10-14(18(22)24-16(12)15)17(21)20-11-13-7-3-4-9-19-13;/h3-10H,2,11H2,1H3,(H,20,21);1H/p-1. The Hall–Kier alpha value is -2.86. The Morgan fingerprint density at radius 1 is 1.24 bits per heavy atom. The molecule has 7 heteroatoms. The number of halogens is 1. The summed E-state index contributed by atoms with van der Waals surface area (Å²) in [6.07, 6.45) is 1.64. The lowest BCUT2D eigenvalue weighted by Gasteiger charge is -2.07. The van der Waals surface area contributed by atoms with Crippen molar-refractivity contribution in [1.82, 2.24) is 10.3 Å². The predicted molar refractivity (Wildman–Crippen MR) is 89.1 cm³/mol. The smallest absolute Gasteiger partial charge is 0.349 e. The maximum absolute atomic E-state index is 12.3. The minimum absolute atomic E-state index is 0. The summed E-state index contributed by atoms with van der Waals surface area (Å²) in [6.45, 7) is 2.53. The summed E-state index contributed by atoms with van der Waals surface area (Å²) in [5, 5.41) is 3.30. The molecular formula is C18H16ClN2O4-. The first-order valence-electron chi connectivity index (χ1n) is 7.57. The molecule has 0 aliphatic carbocycles. The van der Waals surface area contributed by atoms with Gasteiger partial charge in [0.05, 0.1) is 18.8 Å². The van der Waals surface area contributed by atoms with Crippen LogP contribution in [0.15, 0.2) is 57.9 Å². The Balaban J connectivity index is 0.00000225. The molecule has 3 aromatic rings. The van der Waals surface area contributed by atoms with Crippen LogP contribution in [0.2, 0.25) is 0 Å². The highest BCUT2D eigenvalue weighted by Crippen LogP contribution is 2.24. The SMILES string of the molecule is CCOc1cccc2cc(C(=O)NCc3ccccn3)c(=O)oc12.[Cl-]. The fraction of sp³-hybridized carbons (Fsp3) is 0.167. The molecule has 6 nitrogen and oxygen atoms in total. The number of nitrogens with one attached hydrogen (secondary N) is 1. The van der Waals surface area contributed by atoms with Gasteiger partial charge in [-0.25, -0.2) is 4.79 Å². The zero-order chi connectivity index (χ0) is 16.9. The Kier molecular flexibility index (Phi) is 6.14. The topological polar surface area (TPSA) is 81.4 Å². The van der Waals surface area contributed by atoms with Gasteiger partial charge in [-0.05, 0) is 31.2 Å². The number of hydrogen-bond acceptors (Lipinski definition) is 5. The molecule has 25 heavy (non-hydrogen) atoms. The van der Waals surface area contributed by atoms with Crippen molar-refractivity contribution in [2.75, 3.05) is 6.61 Å². The van der Waals surface area contributed by atoms with Gasteiger partial charge in [-0.3, -0.25) is 9.78 Å². The van der Waals surface area contributed by atoms with Gasteiger partial charge in [0.15, 0.2) is 11.3 Å². The number of fused-ring (bicyclic) bond motifs is 1. The van der Waals surface area contributed by atoms with Crippen LogP contribution < -0.4 is 28.1 Å². The molecule has 2 aromatic heterocycles. The molecule has 3 rings (SSSR count). The van der Waals surface area contributed by atoms with Crippen LogP contribution >= 0.6 is 0 Å². The highest BCUT2D eigenvalue weighted by atomic mass is 35.5. The summed E-state index contributed by atoms with van der Waals surface area (Å²) in [4.78, 5) is 28.5. The van der Waals surface area contributed by atoms with Crippen molar-refractivity contribution in [3.63, 3.8) is 0 Å². The first-order chi connectivity index (χ1) is 11.7. The van der Waals surface area contributed by atoms with Crippen LogP contribution in [0.4, 0.5) is 0 Å². The third kappa shape index (κ3) is 4.16. The summed E-state index contributed by atoms with van der Waals surface area (Å²) in [6, 6.07) is 12.2. The van der Waals surface area contributed by atoms with Crippen LogP contribution in [-0.2, 0) is 6.54 Å². The van der Waals surface area contributed by atoms with Gasteiger partial charge >= 0.3 is 5.63 Å². The number of hydrogen-bond donors (Lipinski definition) is 1. The number of ether oxygens (including phenoxy) is 1. The van der Waals surface area contributed by atoms with Gasteiger partial charge in [0.25, 0.3) is 5.91 Å². The number of aromatic nitrogens is 1. The molecule has 1 N–H and O–H groups in total. The van der Waals surface area contributed by atoms with E-state index in [-0.39, 0.29) is 24.5 Å². The zero-order valence-corrected chi connectivity index (χ0v) is 14.2.